The van der Waals surface area contributed by atoms with E-state index in [1.54, 1.807) is 17.4 Å². The second-order valence-corrected chi connectivity index (χ2v) is 6.41. The van der Waals surface area contributed by atoms with Crippen molar-refractivity contribution >= 4 is 34.5 Å². The van der Waals surface area contributed by atoms with Crippen LogP contribution in [0.25, 0.3) is 10.6 Å². The average molecular weight is 323 g/mol. The van der Waals surface area contributed by atoms with Gasteiger partial charge in [0.05, 0.1) is 4.88 Å². The van der Waals surface area contributed by atoms with Crippen LogP contribution >= 0.6 is 34.5 Å². The van der Waals surface area contributed by atoms with Crippen LogP contribution in [0.1, 0.15) is 17.1 Å². The first-order valence-corrected chi connectivity index (χ1v) is 7.80. The molecule has 1 aromatic carbocycles. The first-order valence-electron chi connectivity index (χ1n) is 6.16. The van der Waals surface area contributed by atoms with Crippen LogP contribution in [0.15, 0.2) is 35.7 Å². The molecule has 5 heteroatoms. The molecule has 0 amide bonds. The van der Waals surface area contributed by atoms with E-state index in [-0.39, 0.29) is 0 Å². The summed E-state index contributed by atoms with van der Waals surface area (Å²) in [5.74, 6) is 0.921. The lowest BCUT2D eigenvalue weighted by molar-refractivity contribution is 1.02. The van der Waals surface area contributed by atoms with Crippen molar-refractivity contribution in [1.29, 1.82) is 0 Å². The number of benzene rings is 1. The Bertz CT molecular complexity index is 712. The number of aromatic nitrogens is 2. The minimum atomic E-state index is 0.647. The molecule has 0 aliphatic rings. The Morgan fingerprint density at radius 3 is 2.60 bits per heavy atom. The predicted octanol–water partition coefficient (Wildman–Crippen LogP) is 5.34. The van der Waals surface area contributed by atoms with Gasteiger partial charge in [-0.3, -0.25) is 0 Å². The van der Waals surface area contributed by atoms with Crippen molar-refractivity contribution in [1.82, 2.24) is 9.97 Å². The van der Waals surface area contributed by atoms with E-state index in [9.17, 15) is 0 Å². The first-order chi connectivity index (χ1) is 9.61. The van der Waals surface area contributed by atoms with Crippen LogP contribution in [0.3, 0.4) is 0 Å². The number of halogens is 2. The van der Waals surface area contributed by atoms with Gasteiger partial charge < -0.3 is 4.98 Å². The average Bonchev–Trinajstić information content (AvgIpc) is 2.97. The summed E-state index contributed by atoms with van der Waals surface area (Å²) < 4.78 is 0. The highest BCUT2D eigenvalue weighted by Gasteiger charge is 2.10. The number of aromatic amines is 1. The summed E-state index contributed by atoms with van der Waals surface area (Å²) in [6.07, 6.45) is 0.687. The lowest BCUT2D eigenvalue weighted by Crippen LogP contribution is -1.91. The number of hydrogen-bond donors (Lipinski definition) is 1. The van der Waals surface area contributed by atoms with Crippen LogP contribution in [-0.2, 0) is 6.42 Å². The van der Waals surface area contributed by atoms with E-state index >= 15 is 0 Å². The largest absolute Gasteiger partial charge is 0.345 e. The van der Waals surface area contributed by atoms with E-state index in [1.807, 2.05) is 25.1 Å². The molecule has 102 valence electrons. The van der Waals surface area contributed by atoms with Crippen molar-refractivity contribution in [3.8, 4) is 10.6 Å². The molecule has 1 N–H and O–H groups in total. The van der Waals surface area contributed by atoms with Crippen LogP contribution in [0, 0.1) is 6.92 Å². The standard InChI is InChI=1S/C15H12Cl2N2S/c1-9-15(13-3-2-4-20-13)19-14(18-9)7-10-5-11(16)8-12(17)6-10/h2-6,8H,7H2,1H3,(H,18,19). The lowest BCUT2D eigenvalue weighted by Gasteiger charge is -2.00. The van der Waals surface area contributed by atoms with Gasteiger partial charge >= 0.3 is 0 Å². The monoisotopic (exact) mass is 322 g/mol. The Labute approximate surface area is 131 Å². The van der Waals surface area contributed by atoms with Crippen LogP contribution in [0.2, 0.25) is 10.0 Å². The van der Waals surface area contributed by atoms with Gasteiger partial charge in [0.25, 0.3) is 0 Å². The molecular weight excluding hydrogens is 311 g/mol. The fourth-order valence-electron chi connectivity index (χ4n) is 2.17. The predicted molar refractivity (Wildman–Crippen MR) is 85.9 cm³/mol. The van der Waals surface area contributed by atoms with E-state index in [0.717, 1.165) is 22.8 Å². The third kappa shape index (κ3) is 2.90. The number of rotatable bonds is 3. The van der Waals surface area contributed by atoms with Gasteiger partial charge in [-0.25, -0.2) is 4.98 Å². The SMILES string of the molecule is Cc1[nH]c(Cc2cc(Cl)cc(Cl)c2)nc1-c1cccs1. The molecule has 2 nitrogen and oxygen atoms in total. The molecular formula is C15H12Cl2N2S. The van der Waals surface area contributed by atoms with Gasteiger partial charge in [-0.1, -0.05) is 29.3 Å². The van der Waals surface area contributed by atoms with E-state index in [2.05, 4.69) is 21.4 Å². The Hall–Kier alpha value is -1.29. The second-order valence-electron chi connectivity index (χ2n) is 4.59. The highest BCUT2D eigenvalue weighted by molar-refractivity contribution is 7.13. The number of imidazole rings is 1. The molecule has 0 saturated carbocycles. The third-order valence-electron chi connectivity index (χ3n) is 2.98. The highest BCUT2D eigenvalue weighted by atomic mass is 35.5. The smallest absolute Gasteiger partial charge is 0.111 e. The molecule has 0 saturated heterocycles. The maximum atomic E-state index is 6.02. The minimum absolute atomic E-state index is 0.647. The van der Waals surface area contributed by atoms with E-state index in [1.165, 1.54) is 4.88 Å². The molecule has 0 fully saturated rings. The lowest BCUT2D eigenvalue weighted by atomic mass is 10.1. The third-order valence-corrected chi connectivity index (χ3v) is 4.30. The van der Waals surface area contributed by atoms with Gasteiger partial charge in [0.15, 0.2) is 0 Å². The topological polar surface area (TPSA) is 28.7 Å². The summed E-state index contributed by atoms with van der Waals surface area (Å²) in [6.45, 7) is 2.04. The molecule has 2 heterocycles. The van der Waals surface area contributed by atoms with Crippen molar-refractivity contribution in [2.45, 2.75) is 13.3 Å². The fraction of sp³-hybridized carbons (Fsp3) is 0.133. The van der Waals surface area contributed by atoms with Crippen LogP contribution in [-0.4, -0.2) is 9.97 Å². The van der Waals surface area contributed by atoms with Crippen molar-refractivity contribution in [2.24, 2.45) is 0 Å². The van der Waals surface area contributed by atoms with Crippen molar-refractivity contribution < 1.29 is 0 Å². The Morgan fingerprint density at radius 2 is 1.95 bits per heavy atom. The zero-order valence-electron chi connectivity index (χ0n) is 10.8. The van der Waals surface area contributed by atoms with Gasteiger partial charge in [-0.05, 0) is 42.1 Å². The molecule has 0 atom stereocenters. The number of aryl methyl sites for hydroxylation is 1. The summed E-state index contributed by atoms with van der Waals surface area (Å²) in [7, 11) is 0. The molecule has 0 bridgehead atoms. The maximum Gasteiger partial charge on any atom is 0.111 e. The van der Waals surface area contributed by atoms with Gasteiger partial charge in [0, 0.05) is 22.2 Å². The first kappa shape index (κ1) is 13.7. The molecule has 3 rings (SSSR count). The number of nitrogens with zero attached hydrogens (tertiary/aromatic N) is 1. The minimum Gasteiger partial charge on any atom is -0.345 e. The molecule has 3 aromatic rings. The Kier molecular flexibility index (Phi) is 3.83. The van der Waals surface area contributed by atoms with Crippen LogP contribution < -0.4 is 0 Å². The highest BCUT2D eigenvalue weighted by Crippen LogP contribution is 2.27. The van der Waals surface area contributed by atoms with Gasteiger partial charge in [0.2, 0.25) is 0 Å². The fourth-order valence-corrected chi connectivity index (χ4v) is 3.51. The van der Waals surface area contributed by atoms with Crippen molar-refractivity contribution in [3.05, 3.63) is 62.8 Å². The summed E-state index contributed by atoms with van der Waals surface area (Å²) in [4.78, 5) is 9.18. The normalized spacial score (nSPS) is 10.9. The van der Waals surface area contributed by atoms with Crippen LogP contribution in [0.5, 0.6) is 0 Å². The Morgan fingerprint density at radius 1 is 1.20 bits per heavy atom. The maximum absolute atomic E-state index is 6.02. The molecule has 0 aliphatic carbocycles. The molecule has 0 aliphatic heterocycles. The molecule has 2 aromatic heterocycles. The number of thiophene rings is 1. The van der Waals surface area contributed by atoms with Gasteiger partial charge in [-0.15, -0.1) is 11.3 Å². The quantitative estimate of drug-likeness (QED) is 0.692. The number of hydrogen-bond acceptors (Lipinski definition) is 2. The zero-order chi connectivity index (χ0) is 14.1. The molecule has 0 spiro atoms. The number of H-pyrrole nitrogens is 1. The van der Waals surface area contributed by atoms with Crippen molar-refractivity contribution in [3.63, 3.8) is 0 Å². The summed E-state index contributed by atoms with van der Waals surface area (Å²) in [6, 6.07) is 9.67. The summed E-state index contributed by atoms with van der Waals surface area (Å²) in [5.41, 5.74) is 3.15. The summed E-state index contributed by atoms with van der Waals surface area (Å²) >= 11 is 13.7. The van der Waals surface area contributed by atoms with Gasteiger partial charge in [0.1, 0.15) is 11.5 Å². The molecule has 0 radical (unpaired) electrons. The van der Waals surface area contributed by atoms with Gasteiger partial charge in [-0.2, -0.15) is 0 Å². The van der Waals surface area contributed by atoms with Crippen molar-refractivity contribution in [2.75, 3.05) is 0 Å². The molecule has 0 unspecified atom stereocenters. The summed E-state index contributed by atoms with van der Waals surface area (Å²) in [5, 5.41) is 3.35. The van der Waals surface area contributed by atoms with E-state index in [0.29, 0.717) is 16.5 Å². The zero-order valence-corrected chi connectivity index (χ0v) is 13.1. The molecule has 20 heavy (non-hydrogen) atoms. The van der Waals surface area contributed by atoms with E-state index in [4.69, 9.17) is 23.2 Å². The van der Waals surface area contributed by atoms with Crippen LogP contribution in [0.4, 0.5) is 0 Å². The van der Waals surface area contributed by atoms with E-state index < -0.39 is 0 Å². The number of nitrogens with one attached hydrogen (secondary N) is 1. The second kappa shape index (κ2) is 5.60. The Balaban J connectivity index is 1.90.